The fourth-order valence-corrected chi connectivity index (χ4v) is 2.51. The molecule has 0 saturated carbocycles. The molecule has 0 aliphatic carbocycles. The summed E-state index contributed by atoms with van der Waals surface area (Å²) in [4.78, 5) is 23.2. The molecule has 1 aromatic rings. The van der Waals surface area contributed by atoms with Crippen LogP contribution < -0.4 is 4.72 Å². The van der Waals surface area contributed by atoms with Gasteiger partial charge >= 0.3 is 5.97 Å². The summed E-state index contributed by atoms with van der Waals surface area (Å²) in [5.74, 6) is -2.20. The van der Waals surface area contributed by atoms with Gasteiger partial charge < -0.3 is 15.1 Å². The van der Waals surface area contributed by atoms with Gasteiger partial charge in [0.1, 0.15) is 11.3 Å². The van der Waals surface area contributed by atoms with E-state index in [0.29, 0.717) is 0 Å². The first-order chi connectivity index (χ1) is 9.65. The van der Waals surface area contributed by atoms with Gasteiger partial charge in [-0.1, -0.05) is 0 Å². The third kappa shape index (κ3) is 4.43. The Morgan fingerprint density at radius 3 is 2.43 bits per heavy atom. The summed E-state index contributed by atoms with van der Waals surface area (Å²) in [7, 11) is -0.847. The number of carbonyl (C=O) groups is 2. The SMILES string of the molecule is CN(C)C(=O)CCNS(=O)(=O)c1ccc(O)c(C(=O)O)c1. The molecule has 21 heavy (non-hydrogen) atoms. The number of rotatable bonds is 6. The van der Waals surface area contributed by atoms with Crippen LogP contribution >= 0.6 is 0 Å². The topological polar surface area (TPSA) is 124 Å². The van der Waals surface area contributed by atoms with Gasteiger partial charge in [0.2, 0.25) is 15.9 Å². The molecule has 3 N–H and O–H groups in total. The second-order valence-corrected chi connectivity index (χ2v) is 6.19. The molecule has 0 unspecified atom stereocenters. The zero-order chi connectivity index (χ0) is 16.2. The van der Waals surface area contributed by atoms with Gasteiger partial charge in [-0.05, 0) is 18.2 Å². The number of benzene rings is 1. The molecule has 0 aliphatic rings. The minimum Gasteiger partial charge on any atom is -0.507 e. The van der Waals surface area contributed by atoms with Crippen molar-refractivity contribution in [2.75, 3.05) is 20.6 Å². The van der Waals surface area contributed by atoms with Gasteiger partial charge in [0.15, 0.2) is 0 Å². The second kappa shape index (κ2) is 6.55. The number of aromatic carboxylic acids is 1. The van der Waals surface area contributed by atoms with E-state index in [1.165, 1.54) is 4.90 Å². The summed E-state index contributed by atoms with van der Waals surface area (Å²) in [5, 5.41) is 18.2. The molecule has 0 atom stereocenters. The van der Waals surface area contributed by atoms with Crippen LogP contribution in [0.15, 0.2) is 23.1 Å². The zero-order valence-electron chi connectivity index (χ0n) is 11.5. The molecule has 0 fully saturated rings. The predicted molar refractivity (Wildman–Crippen MR) is 73.6 cm³/mol. The molecule has 0 saturated heterocycles. The van der Waals surface area contributed by atoms with Crippen molar-refractivity contribution in [2.24, 2.45) is 0 Å². The van der Waals surface area contributed by atoms with Crippen LogP contribution in [0.25, 0.3) is 0 Å². The lowest BCUT2D eigenvalue weighted by Gasteiger charge is -2.11. The van der Waals surface area contributed by atoms with Crippen molar-refractivity contribution in [2.45, 2.75) is 11.3 Å². The Kier molecular flexibility index (Phi) is 5.28. The fourth-order valence-electron chi connectivity index (χ4n) is 1.45. The highest BCUT2D eigenvalue weighted by Crippen LogP contribution is 2.21. The first-order valence-corrected chi connectivity index (χ1v) is 7.39. The first kappa shape index (κ1) is 16.9. The molecule has 0 heterocycles. The van der Waals surface area contributed by atoms with E-state index in [2.05, 4.69) is 4.72 Å². The predicted octanol–water partition coefficient (Wildman–Crippen LogP) is -0.153. The highest BCUT2D eigenvalue weighted by atomic mass is 32.2. The van der Waals surface area contributed by atoms with Gasteiger partial charge in [-0.25, -0.2) is 17.9 Å². The van der Waals surface area contributed by atoms with Crippen molar-refractivity contribution in [1.29, 1.82) is 0 Å². The monoisotopic (exact) mass is 316 g/mol. The zero-order valence-corrected chi connectivity index (χ0v) is 12.3. The molecule has 116 valence electrons. The first-order valence-electron chi connectivity index (χ1n) is 5.91. The normalized spacial score (nSPS) is 11.1. The van der Waals surface area contributed by atoms with Gasteiger partial charge in [0, 0.05) is 27.1 Å². The van der Waals surface area contributed by atoms with E-state index in [9.17, 15) is 23.1 Å². The Hall–Kier alpha value is -2.13. The molecule has 1 amide bonds. The Labute approximate surface area is 122 Å². The van der Waals surface area contributed by atoms with Gasteiger partial charge in [0.05, 0.1) is 4.90 Å². The molecule has 1 rings (SSSR count). The van der Waals surface area contributed by atoms with Gasteiger partial charge in [0.25, 0.3) is 0 Å². The number of hydrogen-bond donors (Lipinski definition) is 3. The number of amides is 1. The Morgan fingerprint density at radius 1 is 1.29 bits per heavy atom. The molecule has 0 bridgehead atoms. The van der Waals surface area contributed by atoms with Crippen LogP contribution in [0.4, 0.5) is 0 Å². The number of sulfonamides is 1. The fraction of sp³-hybridized carbons (Fsp3) is 0.333. The number of aromatic hydroxyl groups is 1. The lowest BCUT2D eigenvalue weighted by atomic mass is 10.2. The van der Waals surface area contributed by atoms with E-state index in [1.54, 1.807) is 14.1 Å². The molecular formula is C12H16N2O6S. The summed E-state index contributed by atoms with van der Waals surface area (Å²) in [6, 6.07) is 2.93. The van der Waals surface area contributed by atoms with Crippen LogP contribution in [0.1, 0.15) is 16.8 Å². The van der Waals surface area contributed by atoms with Crippen LogP contribution in [0, 0.1) is 0 Å². The smallest absolute Gasteiger partial charge is 0.339 e. The average Bonchev–Trinajstić information content (AvgIpc) is 2.38. The maximum Gasteiger partial charge on any atom is 0.339 e. The van der Waals surface area contributed by atoms with E-state index >= 15 is 0 Å². The highest BCUT2D eigenvalue weighted by molar-refractivity contribution is 7.89. The Balaban J connectivity index is 2.86. The molecule has 0 spiro atoms. The highest BCUT2D eigenvalue weighted by Gasteiger charge is 2.19. The molecule has 0 radical (unpaired) electrons. The van der Waals surface area contributed by atoms with Crippen LogP contribution in [0.5, 0.6) is 5.75 Å². The summed E-state index contributed by atoms with van der Waals surface area (Å²) in [6.07, 6.45) is -0.0178. The minimum absolute atomic E-state index is 0.0178. The van der Waals surface area contributed by atoms with Crippen LogP contribution in [0.3, 0.4) is 0 Å². The number of carbonyl (C=O) groups excluding carboxylic acids is 1. The second-order valence-electron chi connectivity index (χ2n) is 4.42. The van der Waals surface area contributed by atoms with Crippen molar-refractivity contribution in [3.8, 4) is 5.75 Å². The lowest BCUT2D eigenvalue weighted by Crippen LogP contribution is -2.30. The minimum atomic E-state index is -3.95. The lowest BCUT2D eigenvalue weighted by molar-refractivity contribution is -0.128. The molecular weight excluding hydrogens is 300 g/mol. The van der Waals surface area contributed by atoms with Crippen molar-refractivity contribution in [3.63, 3.8) is 0 Å². The summed E-state index contributed by atoms with van der Waals surface area (Å²) >= 11 is 0. The Bertz CT molecular complexity index is 654. The van der Waals surface area contributed by atoms with Crippen LogP contribution in [0.2, 0.25) is 0 Å². The van der Waals surface area contributed by atoms with E-state index < -0.39 is 27.3 Å². The van der Waals surface area contributed by atoms with Gasteiger partial charge in [-0.3, -0.25) is 4.79 Å². The van der Waals surface area contributed by atoms with Crippen LogP contribution in [-0.2, 0) is 14.8 Å². The molecule has 0 aliphatic heterocycles. The van der Waals surface area contributed by atoms with E-state index in [-0.39, 0.29) is 23.8 Å². The van der Waals surface area contributed by atoms with Crippen LogP contribution in [-0.4, -0.2) is 56.0 Å². The largest absolute Gasteiger partial charge is 0.507 e. The maximum absolute atomic E-state index is 12.0. The van der Waals surface area contributed by atoms with Gasteiger partial charge in [-0.2, -0.15) is 0 Å². The quantitative estimate of drug-likeness (QED) is 0.670. The number of carboxylic acid groups (broad SMARTS) is 1. The number of nitrogens with zero attached hydrogens (tertiary/aromatic N) is 1. The molecule has 8 nitrogen and oxygen atoms in total. The summed E-state index contributed by atoms with van der Waals surface area (Å²) in [5.41, 5.74) is -0.512. The molecule has 0 aromatic heterocycles. The number of nitrogens with one attached hydrogen (secondary N) is 1. The number of hydrogen-bond acceptors (Lipinski definition) is 5. The third-order valence-corrected chi connectivity index (χ3v) is 4.10. The number of carboxylic acids is 1. The van der Waals surface area contributed by atoms with Crippen molar-refractivity contribution < 1.29 is 28.2 Å². The van der Waals surface area contributed by atoms with Gasteiger partial charge in [-0.15, -0.1) is 0 Å². The Morgan fingerprint density at radius 2 is 1.90 bits per heavy atom. The van der Waals surface area contributed by atoms with Crippen molar-refractivity contribution in [3.05, 3.63) is 23.8 Å². The third-order valence-electron chi connectivity index (χ3n) is 2.64. The average molecular weight is 316 g/mol. The number of phenols is 1. The van der Waals surface area contributed by atoms with E-state index in [0.717, 1.165) is 18.2 Å². The van der Waals surface area contributed by atoms with Crippen molar-refractivity contribution in [1.82, 2.24) is 9.62 Å². The summed E-state index contributed by atoms with van der Waals surface area (Å²) in [6.45, 7) is -0.109. The van der Waals surface area contributed by atoms with E-state index in [4.69, 9.17) is 5.11 Å². The van der Waals surface area contributed by atoms with E-state index in [1.807, 2.05) is 0 Å². The maximum atomic E-state index is 12.0. The molecule has 1 aromatic carbocycles. The van der Waals surface area contributed by atoms with Crippen molar-refractivity contribution >= 4 is 21.9 Å². The standard InChI is InChI=1S/C12H16N2O6S/c1-14(2)11(16)5-6-13-21(19,20)8-3-4-10(15)9(7-8)12(17)18/h3-4,7,13,15H,5-6H2,1-2H3,(H,17,18). The summed E-state index contributed by atoms with van der Waals surface area (Å²) < 4.78 is 26.1. The molecule has 9 heteroatoms.